The van der Waals surface area contributed by atoms with Gasteiger partial charge in [-0.25, -0.2) is 9.48 Å². The minimum atomic E-state index is -1.08. The van der Waals surface area contributed by atoms with Gasteiger partial charge in [-0.1, -0.05) is 30.3 Å². The number of anilines is 1. The van der Waals surface area contributed by atoms with Crippen LogP contribution in [0.4, 0.5) is 5.69 Å². The van der Waals surface area contributed by atoms with Gasteiger partial charge < -0.3 is 10.1 Å². The summed E-state index contributed by atoms with van der Waals surface area (Å²) >= 11 is 3.28. The zero-order valence-corrected chi connectivity index (χ0v) is 17.8. The molecule has 3 rings (SSSR count). The van der Waals surface area contributed by atoms with Crippen LogP contribution in [0.15, 0.2) is 63.9 Å². The van der Waals surface area contributed by atoms with E-state index >= 15 is 0 Å². The molecule has 0 aliphatic rings. The highest BCUT2D eigenvalue weighted by atomic mass is 79.9. The summed E-state index contributed by atoms with van der Waals surface area (Å²) in [5.41, 5.74) is 1.35. The summed E-state index contributed by atoms with van der Waals surface area (Å²) in [5, 5.41) is 2.60. The van der Waals surface area contributed by atoms with E-state index in [1.165, 1.54) is 11.6 Å². The van der Waals surface area contributed by atoms with E-state index in [0.717, 1.165) is 0 Å². The van der Waals surface area contributed by atoms with Crippen LogP contribution in [0, 0.1) is 6.92 Å². The molecule has 1 amide bonds. The summed E-state index contributed by atoms with van der Waals surface area (Å²) in [6, 6.07) is 15.9. The highest BCUT2D eigenvalue weighted by Crippen LogP contribution is 2.18. The highest BCUT2D eigenvalue weighted by molar-refractivity contribution is 9.10. The van der Waals surface area contributed by atoms with E-state index < -0.39 is 18.0 Å². The molecule has 2 aromatic carbocycles. The molecule has 1 heterocycles. The molecule has 1 aromatic heterocycles. The average Bonchev–Trinajstić information content (AvgIpc) is 2.92. The number of hydrogen-bond donors (Lipinski definition) is 1. The van der Waals surface area contributed by atoms with Gasteiger partial charge >= 0.3 is 5.97 Å². The number of nitrogens with zero attached hydrogens (tertiary/aromatic N) is 2. The summed E-state index contributed by atoms with van der Waals surface area (Å²) in [5.74, 6) is -1.22. The Bertz CT molecular complexity index is 1120. The first-order chi connectivity index (χ1) is 13.8. The number of rotatable bonds is 5. The van der Waals surface area contributed by atoms with Gasteiger partial charge in [0.05, 0.1) is 16.9 Å². The minimum absolute atomic E-state index is 0.144. The van der Waals surface area contributed by atoms with Crippen molar-refractivity contribution in [2.75, 3.05) is 5.32 Å². The first kappa shape index (κ1) is 20.6. The monoisotopic (exact) mass is 457 g/mol. The number of esters is 1. The highest BCUT2D eigenvalue weighted by Gasteiger charge is 2.24. The van der Waals surface area contributed by atoms with Gasteiger partial charge in [0.1, 0.15) is 5.69 Å². The van der Waals surface area contributed by atoms with Crippen molar-refractivity contribution in [3.63, 3.8) is 0 Å². The fraction of sp³-hybridized carbons (Fsp3) is 0.190. The van der Waals surface area contributed by atoms with Crippen molar-refractivity contribution in [3.8, 4) is 5.69 Å². The van der Waals surface area contributed by atoms with E-state index in [4.69, 9.17) is 4.74 Å². The van der Waals surface area contributed by atoms with Crippen molar-refractivity contribution in [3.05, 3.63) is 80.7 Å². The molecule has 29 heavy (non-hydrogen) atoms. The molecular weight excluding hydrogens is 438 g/mol. The second-order valence-corrected chi connectivity index (χ2v) is 7.31. The van der Waals surface area contributed by atoms with Gasteiger partial charge in [-0.2, -0.15) is 0 Å². The third-order valence-corrected chi connectivity index (χ3v) is 5.24. The standard InChI is InChI=1S/C21H20BrN3O4/c1-13-18(20(27)25(24(13)3)15-9-5-4-6-10-15)23-19(26)14(2)29-21(28)16-11-7-8-12-17(16)22/h4-12,14H,1-3H3,(H,23,26)/t14-/m0/s1. The zero-order valence-electron chi connectivity index (χ0n) is 16.2. The smallest absolute Gasteiger partial charge is 0.340 e. The molecule has 0 saturated heterocycles. The molecule has 1 N–H and O–H groups in total. The Kier molecular flexibility index (Phi) is 6.03. The molecular formula is C21H20BrN3O4. The Hall–Kier alpha value is -3.13. The topological polar surface area (TPSA) is 82.3 Å². The number of nitrogens with one attached hydrogen (secondary N) is 1. The maximum atomic E-state index is 12.9. The number of amides is 1. The Balaban J connectivity index is 1.80. The third kappa shape index (κ3) is 4.17. The molecule has 0 saturated carbocycles. The van der Waals surface area contributed by atoms with Gasteiger partial charge in [-0.05, 0) is 54.0 Å². The minimum Gasteiger partial charge on any atom is -0.449 e. The van der Waals surface area contributed by atoms with Crippen molar-refractivity contribution < 1.29 is 14.3 Å². The summed E-state index contributed by atoms with van der Waals surface area (Å²) in [6.45, 7) is 3.19. The van der Waals surface area contributed by atoms with Crippen molar-refractivity contribution in [2.24, 2.45) is 7.05 Å². The van der Waals surface area contributed by atoms with E-state index in [1.54, 1.807) is 55.1 Å². The summed E-state index contributed by atoms with van der Waals surface area (Å²) in [7, 11) is 1.73. The van der Waals surface area contributed by atoms with Gasteiger partial charge in [-0.3, -0.25) is 14.3 Å². The number of halogens is 1. The maximum absolute atomic E-state index is 12.9. The lowest BCUT2D eigenvalue weighted by Gasteiger charge is -2.13. The zero-order chi connectivity index (χ0) is 21.1. The summed E-state index contributed by atoms with van der Waals surface area (Å²) in [4.78, 5) is 37.7. The Morgan fingerprint density at radius 1 is 1.07 bits per heavy atom. The predicted molar refractivity (Wildman–Crippen MR) is 113 cm³/mol. The van der Waals surface area contributed by atoms with E-state index in [0.29, 0.717) is 21.4 Å². The van der Waals surface area contributed by atoms with Crippen molar-refractivity contribution in [1.29, 1.82) is 0 Å². The normalized spacial score (nSPS) is 11.7. The second-order valence-electron chi connectivity index (χ2n) is 6.45. The Morgan fingerprint density at radius 3 is 2.34 bits per heavy atom. The molecule has 0 spiro atoms. The average molecular weight is 458 g/mol. The largest absolute Gasteiger partial charge is 0.449 e. The SMILES string of the molecule is Cc1c(NC(=O)[C@H](C)OC(=O)c2ccccc2Br)c(=O)n(-c2ccccc2)n1C. The second kappa shape index (κ2) is 8.48. The van der Waals surface area contributed by atoms with Gasteiger partial charge in [0.2, 0.25) is 0 Å². The number of hydrogen-bond acceptors (Lipinski definition) is 4. The summed E-state index contributed by atoms with van der Waals surface area (Å²) in [6.07, 6.45) is -1.08. The van der Waals surface area contributed by atoms with Crippen LogP contribution < -0.4 is 10.9 Å². The first-order valence-corrected chi connectivity index (χ1v) is 9.71. The van der Waals surface area contributed by atoms with Gasteiger partial charge in [0.25, 0.3) is 11.5 Å². The number of ether oxygens (including phenoxy) is 1. The molecule has 7 nitrogen and oxygen atoms in total. The molecule has 0 unspecified atom stereocenters. The quantitative estimate of drug-likeness (QED) is 0.594. The fourth-order valence-corrected chi connectivity index (χ4v) is 3.29. The van der Waals surface area contributed by atoms with Crippen LogP contribution in [0.25, 0.3) is 5.69 Å². The van der Waals surface area contributed by atoms with Gasteiger partial charge in [0.15, 0.2) is 6.10 Å². The van der Waals surface area contributed by atoms with Crippen LogP contribution in [0.5, 0.6) is 0 Å². The fourth-order valence-electron chi connectivity index (χ4n) is 2.84. The lowest BCUT2D eigenvalue weighted by atomic mass is 10.2. The summed E-state index contributed by atoms with van der Waals surface area (Å²) < 4.78 is 8.95. The van der Waals surface area contributed by atoms with E-state index in [-0.39, 0.29) is 11.2 Å². The van der Waals surface area contributed by atoms with Crippen molar-refractivity contribution in [2.45, 2.75) is 20.0 Å². The molecule has 0 aliphatic carbocycles. The molecule has 8 heteroatoms. The van der Waals surface area contributed by atoms with E-state index in [2.05, 4.69) is 21.2 Å². The van der Waals surface area contributed by atoms with Crippen LogP contribution in [0.1, 0.15) is 23.0 Å². The molecule has 0 fully saturated rings. The number of benzene rings is 2. The molecule has 1 atom stereocenters. The van der Waals surface area contributed by atoms with Gasteiger partial charge in [-0.15, -0.1) is 0 Å². The lowest BCUT2D eigenvalue weighted by Crippen LogP contribution is -2.32. The van der Waals surface area contributed by atoms with E-state index in [9.17, 15) is 14.4 Å². The maximum Gasteiger partial charge on any atom is 0.340 e. The van der Waals surface area contributed by atoms with E-state index in [1.807, 2.05) is 18.2 Å². The van der Waals surface area contributed by atoms with Gasteiger partial charge in [0, 0.05) is 11.5 Å². The Morgan fingerprint density at radius 2 is 1.69 bits per heavy atom. The molecule has 0 aliphatic heterocycles. The van der Waals surface area contributed by atoms with Crippen molar-refractivity contribution in [1.82, 2.24) is 9.36 Å². The van der Waals surface area contributed by atoms with Crippen LogP contribution in [-0.2, 0) is 16.6 Å². The van der Waals surface area contributed by atoms with Crippen LogP contribution in [-0.4, -0.2) is 27.3 Å². The number of carbonyl (C=O) groups excluding carboxylic acids is 2. The Labute approximate surface area is 176 Å². The molecule has 0 bridgehead atoms. The number of para-hydroxylation sites is 1. The predicted octanol–water partition coefficient (Wildman–Crippen LogP) is 3.43. The van der Waals surface area contributed by atoms with Crippen LogP contribution >= 0.6 is 15.9 Å². The third-order valence-electron chi connectivity index (χ3n) is 4.55. The number of carbonyl (C=O) groups is 2. The molecule has 0 radical (unpaired) electrons. The molecule has 3 aromatic rings. The first-order valence-electron chi connectivity index (χ1n) is 8.91. The van der Waals surface area contributed by atoms with Crippen molar-refractivity contribution >= 4 is 33.5 Å². The molecule has 150 valence electrons. The van der Waals surface area contributed by atoms with Crippen LogP contribution in [0.2, 0.25) is 0 Å². The lowest BCUT2D eigenvalue weighted by molar-refractivity contribution is -0.123. The number of aromatic nitrogens is 2. The van der Waals surface area contributed by atoms with Crippen LogP contribution in [0.3, 0.4) is 0 Å².